The Morgan fingerprint density at radius 2 is 2.14 bits per heavy atom. The van der Waals surface area contributed by atoms with Gasteiger partial charge in [0.1, 0.15) is 17.0 Å². The Morgan fingerprint density at radius 3 is 2.81 bits per heavy atom. The van der Waals surface area contributed by atoms with Crippen LogP contribution in [0.15, 0.2) is 18.3 Å². The van der Waals surface area contributed by atoms with Crippen molar-refractivity contribution in [2.24, 2.45) is 0 Å². The van der Waals surface area contributed by atoms with Crippen LogP contribution in [-0.4, -0.2) is 46.1 Å². The zero-order valence-electron chi connectivity index (χ0n) is 12.4. The minimum Gasteiger partial charge on any atom is -0.481 e. The van der Waals surface area contributed by atoms with E-state index in [1.54, 1.807) is 23.2 Å². The van der Waals surface area contributed by atoms with E-state index >= 15 is 0 Å². The third-order valence-electron chi connectivity index (χ3n) is 3.45. The molecule has 0 atom stereocenters. The van der Waals surface area contributed by atoms with Gasteiger partial charge in [-0.2, -0.15) is 0 Å². The lowest BCUT2D eigenvalue weighted by molar-refractivity contribution is -0.0850. The van der Waals surface area contributed by atoms with Crippen molar-refractivity contribution in [2.45, 2.75) is 38.4 Å². The van der Waals surface area contributed by atoms with Crippen molar-refractivity contribution in [1.82, 2.24) is 9.88 Å². The van der Waals surface area contributed by atoms with Gasteiger partial charge in [-0.15, -0.1) is 0 Å². The van der Waals surface area contributed by atoms with Crippen LogP contribution in [0.25, 0.3) is 0 Å². The van der Waals surface area contributed by atoms with Gasteiger partial charge >= 0.3 is 6.09 Å². The maximum absolute atomic E-state index is 12.1. The first-order chi connectivity index (χ1) is 9.78. The Labute approximate surface area is 123 Å². The van der Waals surface area contributed by atoms with Crippen LogP contribution in [0.3, 0.4) is 0 Å². The molecule has 1 aromatic heterocycles. The molecule has 21 heavy (non-hydrogen) atoms. The highest BCUT2D eigenvalue weighted by molar-refractivity contribution is 5.98. The van der Waals surface area contributed by atoms with Crippen LogP contribution in [0.2, 0.25) is 0 Å². The number of rotatable bonds is 0. The third kappa shape index (κ3) is 2.57. The largest absolute Gasteiger partial charge is 0.481 e. The molecule has 0 unspecified atom stereocenters. The number of amides is 1. The van der Waals surface area contributed by atoms with Gasteiger partial charge in [-0.05, 0) is 32.9 Å². The summed E-state index contributed by atoms with van der Waals surface area (Å²) in [7, 11) is 0. The quantitative estimate of drug-likeness (QED) is 0.731. The van der Waals surface area contributed by atoms with E-state index in [0.717, 1.165) is 0 Å². The molecule has 1 aromatic rings. The van der Waals surface area contributed by atoms with Gasteiger partial charge < -0.3 is 9.47 Å². The fraction of sp³-hybridized carbons (Fsp3) is 0.533. The number of fused-ring (bicyclic) bond motifs is 1. The van der Waals surface area contributed by atoms with Gasteiger partial charge in [0.25, 0.3) is 0 Å². The van der Waals surface area contributed by atoms with Gasteiger partial charge in [-0.25, -0.2) is 9.78 Å². The molecule has 2 aliphatic rings. The Kier molecular flexibility index (Phi) is 2.93. The first kappa shape index (κ1) is 13.9. The molecule has 112 valence electrons. The maximum Gasteiger partial charge on any atom is 0.410 e. The summed E-state index contributed by atoms with van der Waals surface area (Å²) in [6.45, 7) is 6.19. The topological polar surface area (TPSA) is 68.7 Å². The number of carbonyl (C=O) groups is 2. The number of pyridine rings is 1. The third-order valence-corrected chi connectivity index (χ3v) is 3.45. The summed E-state index contributed by atoms with van der Waals surface area (Å²) in [4.78, 5) is 29.7. The average molecular weight is 290 g/mol. The summed E-state index contributed by atoms with van der Waals surface area (Å²) in [6, 6.07) is 3.46. The predicted octanol–water partition coefficient (Wildman–Crippen LogP) is 2.04. The molecule has 0 bridgehead atoms. The molecule has 6 nitrogen and oxygen atoms in total. The lowest BCUT2D eigenvalue weighted by Crippen LogP contribution is -2.68. The summed E-state index contributed by atoms with van der Waals surface area (Å²) >= 11 is 0. The number of carbonyl (C=O) groups excluding carboxylic acids is 2. The minimum atomic E-state index is -0.621. The van der Waals surface area contributed by atoms with Gasteiger partial charge in [0.2, 0.25) is 0 Å². The number of likely N-dealkylation sites (tertiary alicyclic amines) is 1. The molecular formula is C15H18N2O4. The molecule has 0 N–H and O–H groups in total. The molecule has 1 amide bonds. The van der Waals surface area contributed by atoms with Crippen LogP contribution in [0.4, 0.5) is 4.79 Å². The van der Waals surface area contributed by atoms with Crippen molar-refractivity contribution in [3.63, 3.8) is 0 Å². The number of nitrogens with zero attached hydrogens (tertiary/aromatic N) is 2. The zero-order valence-corrected chi connectivity index (χ0v) is 12.4. The van der Waals surface area contributed by atoms with Gasteiger partial charge in [0.05, 0.1) is 19.5 Å². The van der Waals surface area contributed by atoms with E-state index in [2.05, 4.69) is 4.98 Å². The molecule has 2 aliphatic heterocycles. The molecule has 3 rings (SSSR count). The maximum atomic E-state index is 12.1. The second kappa shape index (κ2) is 4.44. The van der Waals surface area contributed by atoms with Gasteiger partial charge in [-0.3, -0.25) is 9.69 Å². The van der Waals surface area contributed by atoms with Crippen molar-refractivity contribution < 1.29 is 19.1 Å². The highest BCUT2D eigenvalue weighted by Gasteiger charge is 2.52. The normalized spacial score (nSPS) is 19.6. The molecule has 0 saturated carbocycles. The Morgan fingerprint density at radius 1 is 1.43 bits per heavy atom. The predicted molar refractivity (Wildman–Crippen MR) is 74.4 cm³/mol. The van der Waals surface area contributed by atoms with Gasteiger partial charge in [0.15, 0.2) is 11.4 Å². The Hall–Kier alpha value is -2.11. The highest BCUT2D eigenvalue weighted by Crippen LogP contribution is 2.38. The SMILES string of the molecule is CC(C)(C)OC(=O)N1CC2(CC(=O)c3ncccc3O2)C1. The number of ketones is 1. The van der Waals surface area contributed by atoms with E-state index in [4.69, 9.17) is 9.47 Å². The molecule has 1 spiro atoms. The standard InChI is InChI=1S/C15H18N2O4/c1-14(2,3)21-13(19)17-8-15(9-17)7-10(18)12-11(20-15)5-4-6-16-12/h4-6H,7-9H2,1-3H3. The summed E-state index contributed by atoms with van der Waals surface area (Å²) < 4.78 is 11.2. The van der Waals surface area contributed by atoms with Gasteiger partial charge in [0, 0.05) is 6.20 Å². The van der Waals surface area contributed by atoms with Crippen molar-refractivity contribution in [1.29, 1.82) is 0 Å². The summed E-state index contributed by atoms with van der Waals surface area (Å²) in [6.07, 6.45) is 1.45. The van der Waals surface area contributed by atoms with Crippen LogP contribution in [0.1, 0.15) is 37.7 Å². The molecule has 0 aromatic carbocycles. The monoisotopic (exact) mass is 290 g/mol. The van der Waals surface area contributed by atoms with Crippen LogP contribution >= 0.6 is 0 Å². The lowest BCUT2D eigenvalue weighted by atomic mass is 9.85. The van der Waals surface area contributed by atoms with Crippen LogP contribution in [0, 0.1) is 0 Å². The number of Topliss-reactive ketones (excluding diaryl/α,β-unsaturated/α-hetero) is 1. The van der Waals surface area contributed by atoms with E-state index in [1.165, 1.54) is 0 Å². The summed E-state index contributed by atoms with van der Waals surface area (Å²) in [5.74, 6) is 0.457. The van der Waals surface area contributed by atoms with Crippen LogP contribution in [0.5, 0.6) is 5.75 Å². The molecule has 6 heteroatoms. The number of hydrogen-bond acceptors (Lipinski definition) is 5. The zero-order chi connectivity index (χ0) is 15.3. The van der Waals surface area contributed by atoms with Crippen LogP contribution in [-0.2, 0) is 4.74 Å². The smallest absolute Gasteiger partial charge is 0.410 e. The molecular weight excluding hydrogens is 272 g/mol. The summed E-state index contributed by atoms with van der Waals surface area (Å²) in [5, 5.41) is 0. The molecule has 0 aliphatic carbocycles. The first-order valence-electron chi connectivity index (χ1n) is 6.93. The average Bonchev–Trinajstić information content (AvgIpc) is 2.33. The number of aromatic nitrogens is 1. The van der Waals surface area contributed by atoms with Crippen LogP contribution < -0.4 is 4.74 Å². The van der Waals surface area contributed by atoms with Crippen molar-refractivity contribution in [3.8, 4) is 5.75 Å². The molecule has 1 fully saturated rings. The van der Waals surface area contributed by atoms with E-state index in [-0.39, 0.29) is 18.3 Å². The fourth-order valence-electron chi connectivity index (χ4n) is 2.61. The molecule has 1 saturated heterocycles. The first-order valence-corrected chi connectivity index (χ1v) is 6.93. The summed E-state index contributed by atoms with van der Waals surface area (Å²) in [5.41, 5.74) is -0.775. The fourth-order valence-corrected chi connectivity index (χ4v) is 2.61. The van der Waals surface area contributed by atoms with Crippen molar-refractivity contribution >= 4 is 11.9 Å². The molecule has 0 radical (unpaired) electrons. The second-order valence-corrected chi connectivity index (χ2v) is 6.57. The second-order valence-electron chi connectivity index (χ2n) is 6.57. The van der Waals surface area contributed by atoms with Crippen molar-refractivity contribution in [2.75, 3.05) is 13.1 Å². The number of hydrogen-bond donors (Lipinski definition) is 0. The minimum absolute atomic E-state index is 0.0410. The Balaban J connectivity index is 1.69. The van der Waals surface area contributed by atoms with Gasteiger partial charge in [-0.1, -0.05) is 0 Å². The Bertz CT molecular complexity index is 600. The number of ether oxygens (including phenoxy) is 2. The van der Waals surface area contributed by atoms with E-state index < -0.39 is 11.2 Å². The highest BCUT2D eigenvalue weighted by atomic mass is 16.6. The molecule has 3 heterocycles. The lowest BCUT2D eigenvalue weighted by Gasteiger charge is -2.50. The van der Waals surface area contributed by atoms with E-state index in [9.17, 15) is 9.59 Å². The van der Waals surface area contributed by atoms with E-state index in [1.807, 2.05) is 20.8 Å². The van der Waals surface area contributed by atoms with Crippen molar-refractivity contribution in [3.05, 3.63) is 24.0 Å². The van der Waals surface area contributed by atoms with E-state index in [0.29, 0.717) is 24.5 Å².